The summed E-state index contributed by atoms with van der Waals surface area (Å²) in [5, 5.41) is 13.4. The Balaban J connectivity index is 2.53. The molecule has 4 nitrogen and oxygen atoms in total. The quantitative estimate of drug-likeness (QED) is 0.544. The van der Waals surface area contributed by atoms with E-state index in [1.807, 2.05) is 6.08 Å². The van der Waals surface area contributed by atoms with Crippen molar-refractivity contribution in [1.29, 1.82) is 5.41 Å². The number of rotatable bonds is 7. The van der Waals surface area contributed by atoms with Gasteiger partial charge in [-0.3, -0.25) is 0 Å². The Bertz CT molecular complexity index is 449. The first-order valence-corrected chi connectivity index (χ1v) is 7.33. The molecular formula is C14H23FN4S. The van der Waals surface area contributed by atoms with Crippen LogP contribution in [0, 0.1) is 5.41 Å². The first-order valence-electron chi connectivity index (χ1n) is 6.45. The minimum absolute atomic E-state index is 0.128. The maximum atomic E-state index is 13.8. The summed E-state index contributed by atoms with van der Waals surface area (Å²) in [4.78, 5) is 0.753. The molecule has 0 radical (unpaired) electrons. The highest BCUT2D eigenvalue weighted by molar-refractivity contribution is 8.04. The van der Waals surface area contributed by atoms with E-state index in [4.69, 9.17) is 11.1 Å². The lowest BCUT2D eigenvalue weighted by Crippen LogP contribution is -2.27. The highest BCUT2D eigenvalue weighted by Gasteiger charge is 2.30. The van der Waals surface area contributed by atoms with Crippen LogP contribution >= 0.6 is 11.8 Å². The van der Waals surface area contributed by atoms with E-state index in [1.54, 1.807) is 20.9 Å². The Kier molecular flexibility index (Phi) is 5.68. The number of alkyl halides is 1. The lowest BCUT2D eigenvalue weighted by molar-refractivity contribution is 0.282. The van der Waals surface area contributed by atoms with Crippen molar-refractivity contribution in [3.8, 4) is 0 Å². The zero-order valence-corrected chi connectivity index (χ0v) is 13.0. The SMILES string of the molecule is C=C(NC/C(C=N)=C(/N)NC)C1CC=C(C(C)(C)F)S1. The van der Waals surface area contributed by atoms with Gasteiger partial charge in [0.2, 0.25) is 0 Å². The fourth-order valence-electron chi connectivity index (χ4n) is 1.77. The van der Waals surface area contributed by atoms with Crippen LogP contribution in [0.5, 0.6) is 0 Å². The lowest BCUT2D eigenvalue weighted by Gasteiger charge is -2.20. The summed E-state index contributed by atoms with van der Waals surface area (Å²) in [6.07, 6.45) is 3.91. The van der Waals surface area contributed by atoms with Gasteiger partial charge in [0.1, 0.15) is 11.5 Å². The average Bonchev–Trinajstić information content (AvgIpc) is 2.88. The summed E-state index contributed by atoms with van der Waals surface area (Å²) < 4.78 is 13.8. The van der Waals surface area contributed by atoms with Crippen molar-refractivity contribution in [3.63, 3.8) is 0 Å². The third-order valence-electron chi connectivity index (χ3n) is 3.06. The van der Waals surface area contributed by atoms with Gasteiger partial charge < -0.3 is 21.8 Å². The average molecular weight is 298 g/mol. The van der Waals surface area contributed by atoms with Gasteiger partial charge in [0.05, 0.1) is 5.25 Å². The van der Waals surface area contributed by atoms with Crippen molar-refractivity contribution in [1.82, 2.24) is 10.6 Å². The second-order valence-corrected chi connectivity index (χ2v) is 6.34. The van der Waals surface area contributed by atoms with Crippen LogP contribution in [-0.4, -0.2) is 30.7 Å². The molecule has 1 aliphatic heterocycles. The van der Waals surface area contributed by atoms with Crippen LogP contribution in [0.4, 0.5) is 4.39 Å². The second-order valence-electron chi connectivity index (χ2n) is 5.10. The normalized spacial score (nSPS) is 20.0. The van der Waals surface area contributed by atoms with Gasteiger partial charge in [-0.2, -0.15) is 0 Å². The van der Waals surface area contributed by atoms with Gasteiger partial charge in [-0.15, -0.1) is 11.8 Å². The van der Waals surface area contributed by atoms with Gasteiger partial charge in [-0.25, -0.2) is 4.39 Å². The van der Waals surface area contributed by atoms with E-state index in [9.17, 15) is 4.39 Å². The fourth-order valence-corrected chi connectivity index (χ4v) is 2.96. The Labute approximate surface area is 124 Å². The highest BCUT2D eigenvalue weighted by Crippen LogP contribution is 2.42. The number of hydrogen-bond donors (Lipinski definition) is 4. The molecule has 6 heteroatoms. The zero-order chi connectivity index (χ0) is 15.3. The molecule has 112 valence electrons. The van der Waals surface area contributed by atoms with E-state index in [0.717, 1.165) is 17.0 Å². The third kappa shape index (κ3) is 4.30. The minimum atomic E-state index is -1.30. The lowest BCUT2D eigenvalue weighted by atomic mass is 10.1. The predicted octanol–water partition coefficient (Wildman–Crippen LogP) is 2.27. The molecule has 1 heterocycles. The molecule has 0 aliphatic carbocycles. The smallest absolute Gasteiger partial charge is 0.135 e. The van der Waals surface area contributed by atoms with Crippen LogP contribution in [0.15, 0.2) is 34.7 Å². The van der Waals surface area contributed by atoms with E-state index >= 15 is 0 Å². The van der Waals surface area contributed by atoms with E-state index in [0.29, 0.717) is 17.9 Å². The summed E-state index contributed by atoms with van der Waals surface area (Å²) in [7, 11) is 1.71. The third-order valence-corrected chi connectivity index (χ3v) is 4.72. The molecule has 0 fully saturated rings. The number of hydrogen-bond acceptors (Lipinski definition) is 5. The van der Waals surface area contributed by atoms with Crippen molar-refractivity contribution in [2.75, 3.05) is 13.6 Å². The van der Waals surface area contributed by atoms with Gasteiger partial charge in [-0.05, 0) is 20.3 Å². The van der Waals surface area contributed by atoms with Gasteiger partial charge in [0.25, 0.3) is 0 Å². The van der Waals surface area contributed by atoms with Gasteiger partial charge in [0, 0.05) is 36.0 Å². The number of allylic oxidation sites excluding steroid dienone is 2. The van der Waals surface area contributed by atoms with Crippen LogP contribution < -0.4 is 16.4 Å². The molecule has 0 saturated heterocycles. The molecule has 1 aliphatic rings. The Morgan fingerprint density at radius 2 is 2.35 bits per heavy atom. The molecule has 1 unspecified atom stereocenters. The molecule has 0 amide bonds. The topological polar surface area (TPSA) is 73.9 Å². The van der Waals surface area contributed by atoms with Crippen LogP contribution in [0.25, 0.3) is 0 Å². The van der Waals surface area contributed by atoms with E-state index in [1.165, 1.54) is 18.0 Å². The summed E-state index contributed by atoms with van der Waals surface area (Å²) >= 11 is 1.50. The van der Waals surface area contributed by atoms with E-state index in [2.05, 4.69) is 17.2 Å². The van der Waals surface area contributed by atoms with Crippen molar-refractivity contribution >= 4 is 18.0 Å². The molecule has 1 atom stereocenters. The van der Waals surface area contributed by atoms with Crippen LogP contribution in [0.1, 0.15) is 20.3 Å². The standard InChI is InChI=1S/C14H23FN4S/c1-9(19-8-10(7-16)13(17)18-4)11-5-6-12(20-11)14(2,3)15/h6-7,11,16,18-19H,1,5,8,17H2,2-4H3/b13-10-,16-7?. The Morgan fingerprint density at radius 1 is 1.70 bits per heavy atom. The van der Waals surface area contributed by atoms with Crippen LogP contribution in [0.3, 0.4) is 0 Å². The van der Waals surface area contributed by atoms with Crippen molar-refractivity contribution in [2.24, 2.45) is 5.73 Å². The Hall–Kier alpha value is -1.43. The van der Waals surface area contributed by atoms with Gasteiger partial charge >= 0.3 is 0 Å². The first-order chi connectivity index (χ1) is 9.29. The molecule has 20 heavy (non-hydrogen) atoms. The summed E-state index contributed by atoms with van der Waals surface area (Å²) in [6.45, 7) is 7.56. The zero-order valence-electron chi connectivity index (χ0n) is 12.2. The Morgan fingerprint density at radius 3 is 2.80 bits per heavy atom. The monoisotopic (exact) mass is 298 g/mol. The van der Waals surface area contributed by atoms with Gasteiger partial charge in [-0.1, -0.05) is 12.7 Å². The van der Waals surface area contributed by atoms with Crippen LogP contribution in [-0.2, 0) is 0 Å². The highest BCUT2D eigenvalue weighted by atomic mass is 32.2. The molecule has 1 rings (SSSR count). The molecule has 0 aromatic rings. The maximum Gasteiger partial charge on any atom is 0.135 e. The predicted molar refractivity (Wildman–Crippen MR) is 85.5 cm³/mol. The second kappa shape index (κ2) is 6.83. The summed E-state index contributed by atoms with van der Waals surface area (Å²) in [5.74, 6) is 0.461. The fraction of sp³-hybridized carbons (Fsp3) is 0.500. The number of nitrogens with one attached hydrogen (secondary N) is 3. The molecule has 0 aromatic heterocycles. The molecular weight excluding hydrogens is 275 g/mol. The van der Waals surface area contributed by atoms with Crippen LogP contribution in [0.2, 0.25) is 0 Å². The minimum Gasteiger partial charge on any atom is -0.385 e. The maximum absolute atomic E-state index is 13.8. The molecule has 0 aromatic carbocycles. The number of halogens is 1. The first kappa shape index (κ1) is 16.6. The molecule has 0 spiro atoms. The van der Waals surface area contributed by atoms with Gasteiger partial charge in [0.15, 0.2) is 0 Å². The number of nitrogens with two attached hydrogens (primary N) is 1. The van der Waals surface area contributed by atoms with E-state index in [-0.39, 0.29) is 5.25 Å². The largest absolute Gasteiger partial charge is 0.385 e. The van der Waals surface area contributed by atoms with Crippen molar-refractivity contribution < 1.29 is 4.39 Å². The van der Waals surface area contributed by atoms with Crippen molar-refractivity contribution in [3.05, 3.63) is 34.7 Å². The number of thioether (sulfide) groups is 1. The molecule has 0 saturated carbocycles. The van der Waals surface area contributed by atoms with Crippen molar-refractivity contribution in [2.45, 2.75) is 31.2 Å². The van der Waals surface area contributed by atoms with E-state index < -0.39 is 5.67 Å². The summed E-state index contributed by atoms with van der Waals surface area (Å²) in [6, 6.07) is 0. The summed E-state index contributed by atoms with van der Waals surface area (Å²) in [5.41, 5.74) is 5.92. The molecule has 5 N–H and O–H groups in total. The molecule has 0 bridgehead atoms.